The highest BCUT2D eigenvalue weighted by Crippen LogP contribution is 2.56. The molecule has 0 N–H and O–H groups in total. The van der Waals surface area contributed by atoms with Crippen molar-refractivity contribution in [3.63, 3.8) is 0 Å². The molecule has 1 aromatic rings. The van der Waals surface area contributed by atoms with Crippen molar-refractivity contribution in [3.8, 4) is 12.1 Å². The molecule has 22 heavy (non-hydrogen) atoms. The summed E-state index contributed by atoms with van der Waals surface area (Å²) in [5, 5.41) is 17.5. The first-order chi connectivity index (χ1) is 10.7. The van der Waals surface area contributed by atoms with Crippen LogP contribution in [0.4, 0.5) is 0 Å². The molecule has 0 fully saturated rings. The van der Waals surface area contributed by atoms with E-state index in [2.05, 4.69) is 18.6 Å². The molecule has 0 amide bonds. The molecule has 6 heteroatoms. The van der Waals surface area contributed by atoms with Crippen LogP contribution in [0.25, 0.3) is 12.2 Å². The molecule has 0 bridgehead atoms. The molecule has 0 saturated heterocycles. The Bertz CT molecular complexity index is 697. The molecule has 1 heterocycles. The largest absolute Gasteiger partial charge is 0.192 e. The topological polar surface area (TPSA) is 47.6 Å². The molecule has 0 aromatic heterocycles. The van der Waals surface area contributed by atoms with Gasteiger partial charge in [0, 0.05) is 0 Å². The monoisotopic (exact) mass is 360 g/mol. The van der Waals surface area contributed by atoms with Gasteiger partial charge in [-0.25, -0.2) is 0 Å². The fourth-order valence-corrected chi connectivity index (χ4v) is 6.62. The third kappa shape index (κ3) is 4.41. The molecule has 0 atom stereocenters. The summed E-state index contributed by atoms with van der Waals surface area (Å²) in [6.07, 6.45) is 7.96. The van der Waals surface area contributed by atoms with Crippen molar-refractivity contribution in [1.29, 1.82) is 10.5 Å². The zero-order valence-electron chi connectivity index (χ0n) is 12.0. The smallest absolute Gasteiger partial charge is 0.130 e. The molecule has 110 valence electrons. The van der Waals surface area contributed by atoms with Crippen molar-refractivity contribution < 1.29 is 0 Å². The van der Waals surface area contributed by atoms with Gasteiger partial charge in [-0.05, 0) is 35.8 Å². The van der Waals surface area contributed by atoms with E-state index in [0.717, 1.165) is 11.1 Å². The van der Waals surface area contributed by atoms with Crippen LogP contribution in [0.5, 0.6) is 0 Å². The van der Waals surface area contributed by atoms with Crippen LogP contribution in [-0.4, -0.2) is 12.5 Å². The van der Waals surface area contributed by atoms with Crippen molar-refractivity contribution in [3.05, 3.63) is 53.7 Å². The molecule has 1 aliphatic rings. The lowest BCUT2D eigenvalue weighted by molar-refractivity contribution is 1.47. The summed E-state index contributed by atoms with van der Waals surface area (Å²) in [4.78, 5) is 0. The van der Waals surface area contributed by atoms with Gasteiger partial charge in [0.05, 0.1) is 12.7 Å². The minimum Gasteiger partial charge on any atom is -0.192 e. The second-order valence-electron chi connectivity index (χ2n) is 4.10. The number of allylic oxidation sites excluding steroid dienone is 1. The van der Waals surface area contributed by atoms with E-state index in [1.165, 1.54) is 12.7 Å². The maximum Gasteiger partial charge on any atom is 0.130 e. The molecule has 0 spiro atoms. The number of benzene rings is 1. The summed E-state index contributed by atoms with van der Waals surface area (Å²) in [6, 6.07) is 11.6. The summed E-state index contributed by atoms with van der Waals surface area (Å²) >= 11 is 7.19. The van der Waals surface area contributed by atoms with Crippen LogP contribution in [0, 0.1) is 22.7 Å². The minimum atomic E-state index is 0.117. The standard InChI is InChI=1S/C16H12N2S4/c1-19-15-16(20-2)22-14(21-15)8-12-5-3-11(4-6-12)7-13(9-17)10-18/h3-8H,1-2H3. The predicted molar refractivity (Wildman–Crippen MR) is 103 cm³/mol. The van der Waals surface area contributed by atoms with Gasteiger partial charge in [0.15, 0.2) is 0 Å². The Morgan fingerprint density at radius 1 is 0.955 bits per heavy atom. The van der Waals surface area contributed by atoms with E-state index in [1.54, 1.807) is 29.6 Å². The number of thioether (sulfide) groups is 4. The first kappa shape index (κ1) is 17.2. The van der Waals surface area contributed by atoms with Crippen molar-refractivity contribution in [2.45, 2.75) is 0 Å². The van der Waals surface area contributed by atoms with Crippen LogP contribution in [0.15, 0.2) is 42.6 Å². The molecule has 0 aliphatic carbocycles. The first-order valence-electron chi connectivity index (χ1n) is 6.21. The molecule has 0 saturated carbocycles. The van der Waals surface area contributed by atoms with Gasteiger partial charge in [0.2, 0.25) is 0 Å². The fraction of sp³-hybridized carbons (Fsp3) is 0.125. The minimum absolute atomic E-state index is 0.117. The maximum atomic E-state index is 8.76. The molecule has 2 rings (SSSR count). The van der Waals surface area contributed by atoms with Crippen molar-refractivity contribution in [2.75, 3.05) is 12.5 Å². The molecule has 2 nitrogen and oxygen atoms in total. The number of rotatable bonds is 4. The van der Waals surface area contributed by atoms with Gasteiger partial charge in [-0.2, -0.15) is 10.5 Å². The van der Waals surface area contributed by atoms with Gasteiger partial charge < -0.3 is 0 Å². The number of nitrogens with zero attached hydrogens (tertiary/aromatic N) is 2. The van der Waals surface area contributed by atoms with Crippen molar-refractivity contribution in [2.24, 2.45) is 0 Å². The Balaban J connectivity index is 2.14. The Morgan fingerprint density at radius 3 is 1.91 bits per heavy atom. The van der Waals surface area contributed by atoms with Crippen LogP contribution in [0.2, 0.25) is 0 Å². The van der Waals surface area contributed by atoms with Crippen LogP contribution in [-0.2, 0) is 0 Å². The molecule has 1 aliphatic heterocycles. The zero-order valence-corrected chi connectivity index (χ0v) is 15.3. The summed E-state index contributed by atoms with van der Waals surface area (Å²) in [7, 11) is 0. The van der Waals surface area contributed by atoms with Crippen LogP contribution in [0.1, 0.15) is 11.1 Å². The van der Waals surface area contributed by atoms with Crippen molar-refractivity contribution in [1.82, 2.24) is 0 Å². The summed E-state index contributed by atoms with van der Waals surface area (Å²) < 4.78 is 3.98. The van der Waals surface area contributed by atoms with Gasteiger partial charge in [0.25, 0.3) is 0 Å². The quantitative estimate of drug-likeness (QED) is 0.637. The average Bonchev–Trinajstić information content (AvgIpc) is 2.96. The van der Waals surface area contributed by atoms with E-state index in [-0.39, 0.29) is 5.57 Å². The Labute approximate surface area is 147 Å². The first-order valence-corrected chi connectivity index (χ1v) is 10.3. The zero-order chi connectivity index (χ0) is 15.9. The Hall–Kier alpha value is -1.18. The lowest BCUT2D eigenvalue weighted by atomic mass is 10.1. The van der Waals surface area contributed by atoms with Crippen LogP contribution in [0.3, 0.4) is 0 Å². The van der Waals surface area contributed by atoms with Gasteiger partial charge >= 0.3 is 0 Å². The molecular formula is C16H12N2S4. The molecule has 1 aromatic carbocycles. The lowest BCUT2D eigenvalue weighted by Crippen LogP contribution is -1.78. The Morgan fingerprint density at radius 2 is 1.45 bits per heavy atom. The van der Waals surface area contributed by atoms with E-state index in [1.807, 2.05) is 59.9 Å². The maximum absolute atomic E-state index is 8.76. The number of nitriles is 2. The van der Waals surface area contributed by atoms with E-state index in [4.69, 9.17) is 10.5 Å². The summed E-state index contributed by atoms with van der Waals surface area (Å²) in [6.45, 7) is 0. The summed E-state index contributed by atoms with van der Waals surface area (Å²) in [5.41, 5.74) is 2.09. The number of hydrogen-bond acceptors (Lipinski definition) is 6. The van der Waals surface area contributed by atoms with E-state index < -0.39 is 0 Å². The third-order valence-electron chi connectivity index (χ3n) is 2.70. The molecular weight excluding hydrogens is 348 g/mol. The van der Waals surface area contributed by atoms with Gasteiger partial charge in [-0.15, -0.1) is 23.5 Å². The second kappa shape index (κ2) is 8.45. The molecule has 0 radical (unpaired) electrons. The van der Waals surface area contributed by atoms with Gasteiger partial charge in [0.1, 0.15) is 17.7 Å². The van der Waals surface area contributed by atoms with E-state index in [0.29, 0.717) is 0 Å². The highest BCUT2D eigenvalue weighted by molar-refractivity contribution is 8.40. The number of hydrogen-bond donors (Lipinski definition) is 0. The average molecular weight is 361 g/mol. The highest BCUT2D eigenvalue weighted by atomic mass is 32.3. The van der Waals surface area contributed by atoms with E-state index >= 15 is 0 Å². The van der Waals surface area contributed by atoms with Crippen LogP contribution >= 0.6 is 47.0 Å². The highest BCUT2D eigenvalue weighted by Gasteiger charge is 2.19. The predicted octanol–water partition coefficient (Wildman–Crippen LogP) is 5.75. The van der Waals surface area contributed by atoms with E-state index in [9.17, 15) is 0 Å². The Kier molecular flexibility index (Phi) is 6.60. The fourth-order valence-electron chi connectivity index (χ4n) is 1.68. The summed E-state index contributed by atoms with van der Waals surface area (Å²) in [5.74, 6) is 0. The molecule has 0 unspecified atom stereocenters. The van der Waals surface area contributed by atoms with Gasteiger partial charge in [-0.3, -0.25) is 0 Å². The van der Waals surface area contributed by atoms with Crippen molar-refractivity contribution >= 4 is 59.2 Å². The van der Waals surface area contributed by atoms with Gasteiger partial charge in [-0.1, -0.05) is 47.8 Å². The lowest BCUT2D eigenvalue weighted by Gasteiger charge is -1.99. The van der Waals surface area contributed by atoms with Crippen LogP contribution < -0.4 is 0 Å². The third-order valence-corrected chi connectivity index (χ3v) is 7.78. The SMILES string of the molecule is CSC1=C(SC)SC(=Cc2ccc(C=C(C#N)C#N)cc2)S1. The normalized spacial score (nSPS) is 13.5. The second-order valence-corrected chi connectivity index (χ2v) is 8.61.